The Morgan fingerprint density at radius 1 is 0.838 bits per heavy atom. The molecule has 3 saturated heterocycles. The van der Waals surface area contributed by atoms with Gasteiger partial charge in [0.15, 0.2) is 11.6 Å². The third kappa shape index (κ3) is 15.7. The highest BCUT2D eigenvalue weighted by atomic mass is 35.5. The molecule has 0 aromatic heterocycles. The van der Waals surface area contributed by atoms with Gasteiger partial charge in [0, 0.05) is 73.4 Å². The molecule has 8 rings (SSSR count). The number of urea groups is 1. The molecule has 4 aromatic rings. The van der Waals surface area contributed by atoms with E-state index in [2.05, 4.69) is 15.5 Å². The molecule has 74 heavy (non-hydrogen) atoms. The number of phenolic OH excluding ortho intramolecular Hbond substituents is 1. The number of piperidine rings is 2. The van der Waals surface area contributed by atoms with Gasteiger partial charge in [0.1, 0.15) is 5.75 Å². The first kappa shape index (κ1) is 57.2. The van der Waals surface area contributed by atoms with Crippen LogP contribution in [0.5, 0.6) is 11.5 Å². The fourth-order valence-corrected chi connectivity index (χ4v) is 10.4. The van der Waals surface area contributed by atoms with Crippen LogP contribution in [0.15, 0.2) is 78.9 Å². The summed E-state index contributed by atoms with van der Waals surface area (Å²) in [7, 11) is 3.23. The van der Waals surface area contributed by atoms with Crippen LogP contribution in [0, 0.1) is 17.7 Å². The highest BCUT2D eigenvalue weighted by Crippen LogP contribution is 2.39. The molecule has 3 aliphatic heterocycles. The molecule has 1 saturated carbocycles. The molecule has 6 amide bonds. The number of imide groups is 1. The van der Waals surface area contributed by atoms with E-state index in [-0.39, 0.29) is 58.3 Å². The Balaban J connectivity index is 0.000000238. The molecule has 4 fully saturated rings. The predicted octanol–water partition coefficient (Wildman–Crippen LogP) is 9.02. The van der Waals surface area contributed by atoms with Crippen LogP contribution in [0.25, 0.3) is 11.1 Å². The number of phenols is 1. The molecule has 0 spiro atoms. The van der Waals surface area contributed by atoms with Crippen LogP contribution in [0.1, 0.15) is 129 Å². The van der Waals surface area contributed by atoms with Crippen LogP contribution in [0.3, 0.4) is 0 Å². The summed E-state index contributed by atoms with van der Waals surface area (Å²) in [5.74, 6) is -0.788. The van der Waals surface area contributed by atoms with Crippen LogP contribution in [0.4, 0.5) is 14.9 Å². The quantitative estimate of drug-likeness (QED) is 0.0763. The number of amides is 6. The average Bonchev–Trinajstić information content (AvgIpc) is 3.40. The van der Waals surface area contributed by atoms with Gasteiger partial charge in [-0.2, -0.15) is 0 Å². The van der Waals surface area contributed by atoms with Crippen molar-refractivity contribution in [2.45, 2.75) is 109 Å². The number of primary amides is 1. The van der Waals surface area contributed by atoms with Gasteiger partial charge in [-0.15, -0.1) is 0 Å². The minimum atomic E-state index is -0.950. The highest BCUT2D eigenvalue weighted by Gasteiger charge is 2.30. The third-order valence-electron chi connectivity index (χ3n) is 14.7. The Morgan fingerprint density at radius 3 is 2.08 bits per heavy atom. The molecule has 0 radical (unpaired) electrons. The summed E-state index contributed by atoms with van der Waals surface area (Å²) in [6.45, 7) is 8.60. The van der Waals surface area contributed by atoms with Crippen molar-refractivity contribution in [2.24, 2.45) is 23.3 Å². The first-order valence-electron chi connectivity index (χ1n) is 26.1. The van der Waals surface area contributed by atoms with E-state index in [0.717, 1.165) is 87.8 Å². The van der Waals surface area contributed by atoms with Crippen molar-refractivity contribution in [3.8, 4) is 22.6 Å². The largest absolute Gasteiger partial charge is 0.505 e. The maximum absolute atomic E-state index is 14.7. The lowest BCUT2D eigenvalue weighted by Crippen LogP contribution is -2.49. The van der Waals surface area contributed by atoms with Crippen molar-refractivity contribution < 1.29 is 42.9 Å². The Hall–Kier alpha value is -6.07. The van der Waals surface area contributed by atoms with E-state index < -0.39 is 23.5 Å². The van der Waals surface area contributed by atoms with Crippen molar-refractivity contribution in [1.82, 2.24) is 20.4 Å². The number of ether oxygens (including phenoxy) is 2. The zero-order chi connectivity index (χ0) is 53.3. The number of nitrogens with two attached hydrogens (primary N) is 2. The molecular weight excluding hydrogens is 965 g/mol. The van der Waals surface area contributed by atoms with Gasteiger partial charge in [-0.1, -0.05) is 80.1 Å². The second-order valence-electron chi connectivity index (χ2n) is 20.0. The fraction of sp³-hybridized carbons (Fsp3) is 0.491. The van der Waals surface area contributed by atoms with Crippen molar-refractivity contribution in [3.05, 3.63) is 112 Å². The minimum absolute atomic E-state index is 0.0363. The van der Waals surface area contributed by atoms with Crippen LogP contribution in [-0.2, 0) is 14.3 Å². The Bertz CT molecular complexity index is 2530. The van der Waals surface area contributed by atoms with Crippen LogP contribution in [0.2, 0.25) is 5.02 Å². The molecule has 1 atom stereocenters. The maximum atomic E-state index is 14.7. The average molecular weight is 1040 g/mol. The minimum Gasteiger partial charge on any atom is -0.505 e. The first-order chi connectivity index (χ1) is 35.6. The van der Waals surface area contributed by atoms with Gasteiger partial charge >= 0.3 is 6.03 Å². The number of nitrogens with one attached hydrogen (secondary N) is 2. The third-order valence-corrected chi connectivity index (χ3v) is 15.0. The van der Waals surface area contributed by atoms with E-state index >= 15 is 0 Å². The number of rotatable bonds is 15. The van der Waals surface area contributed by atoms with Crippen LogP contribution >= 0.6 is 11.6 Å². The predicted molar refractivity (Wildman–Crippen MR) is 287 cm³/mol. The van der Waals surface area contributed by atoms with Gasteiger partial charge in [-0.25, -0.2) is 9.18 Å². The molecule has 400 valence electrons. The van der Waals surface area contributed by atoms with Crippen molar-refractivity contribution in [3.63, 3.8) is 0 Å². The number of likely N-dealkylation sites (tertiary alicyclic amines) is 2. The van der Waals surface area contributed by atoms with E-state index in [1.54, 1.807) is 43.5 Å². The molecule has 1 unspecified atom stereocenters. The number of anilines is 1. The van der Waals surface area contributed by atoms with E-state index in [1.165, 1.54) is 50.2 Å². The summed E-state index contributed by atoms with van der Waals surface area (Å²) in [6, 6.07) is 22.2. The summed E-state index contributed by atoms with van der Waals surface area (Å²) in [4.78, 5) is 67.3. The summed E-state index contributed by atoms with van der Waals surface area (Å²) in [5, 5.41) is 15.6. The lowest BCUT2D eigenvalue weighted by Gasteiger charge is -2.35. The van der Waals surface area contributed by atoms with Crippen molar-refractivity contribution >= 4 is 46.9 Å². The second-order valence-corrected chi connectivity index (χ2v) is 20.4. The van der Waals surface area contributed by atoms with E-state index in [9.17, 15) is 33.5 Å². The Kier molecular flexibility index (Phi) is 21.6. The zero-order valence-electron chi connectivity index (χ0n) is 43.4. The van der Waals surface area contributed by atoms with Crippen molar-refractivity contribution in [1.29, 1.82) is 0 Å². The monoisotopic (exact) mass is 1040 g/mol. The van der Waals surface area contributed by atoms with Crippen LogP contribution < -0.4 is 31.7 Å². The normalized spacial score (nSPS) is 17.4. The first-order valence-corrected chi connectivity index (χ1v) is 26.5. The summed E-state index contributed by atoms with van der Waals surface area (Å²) >= 11 is 6.29. The molecule has 0 bridgehead atoms. The number of hydrogen-bond acceptors (Lipinski definition) is 10. The topological polar surface area (TPSA) is 210 Å². The maximum Gasteiger partial charge on any atom is 0.328 e. The second kappa shape index (κ2) is 28.0. The molecule has 1 aliphatic carbocycles. The number of methoxy groups -OCH3 is 2. The Morgan fingerprint density at radius 2 is 1.49 bits per heavy atom. The SMILES string of the molecule is COC(C)C.COc1ccc(C(=O)N2CCC(CCC3CCN(CC(=O)NC4CCCCC4)CC3)CC2)cc1N1CCC(=O)NC1=O.NCC(c1ccccc1)c1ccc(Cl)c(-c2c(C(N)=O)ccc(O)c2F)c1. The van der Waals surface area contributed by atoms with E-state index in [4.69, 9.17) is 32.5 Å². The van der Waals surface area contributed by atoms with Crippen molar-refractivity contribution in [2.75, 3.05) is 64.9 Å². The van der Waals surface area contributed by atoms with Crippen LogP contribution in [-0.4, -0.2) is 117 Å². The summed E-state index contributed by atoms with van der Waals surface area (Å²) in [5.41, 5.74) is 14.3. The number of carbonyl (C=O) groups is 5. The Labute approximate surface area is 440 Å². The van der Waals surface area contributed by atoms with Gasteiger partial charge < -0.3 is 36.3 Å². The summed E-state index contributed by atoms with van der Waals surface area (Å²) in [6.07, 6.45) is 13.4. The summed E-state index contributed by atoms with van der Waals surface area (Å²) < 4.78 is 24.9. The molecule has 4 aromatic carbocycles. The van der Waals surface area contributed by atoms with Gasteiger partial charge in [0.25, 0.3) is 5.91 Å². The molecule has 3 heterocycles. The lowest BCUT2D eigenvalue weighted by atomic mass is 9.85. The number of nitrogens with zero attached hydrogens (tertiary/aromatic N) is 3. The zero-order valence-corrected chi connectivity index (χ0v) is 44.1. The molecule has 4 aliphatic rings. The fourth-order valence-electron chi connectivity index (χ4n) is 10.2. The lowest BCUT2D eigenvalue weighted by molar-refractivity contribution is -0.123. The van der Waals surface area contributed by atoms with Gasteiger partial charge in [-0.05, 0) is 131 Å². The van der Waals surface area contributed by atoms with Gasteiger partial charge in [0.05, 0.1) is 31.0 Å². The van der Waals surface area contributed by atoms with E-state index in [1.807, 2.05) is 49.1 Å². The number of carbonyl (C=O) groups excluding carboxylic acids is 5. The number of benzene rings is 4. The number of aromatic hydroxyl groups is 1. The molecular formula is C57H75ClFN7O8. The van der Waals surface area contributed by atoms with Gasteiger partial charge in [0.2, 0.25) is 17.7 Å². The number of halogens is 2. The smallest absolute Gasteiger partial charge is 0.328 e. The number of hydrogen-bond donors (Lipinski definition) is 5. The highest BCUT2D eigenvalue weighted by molar-refractivity contribution is 6.33. The molecule has 17 heteroatoms. The molecule has 15 nitrogen and oxygen atoms in total. The molecule has 7 N–H and O–H groups in total. The van der Waals surface area contributed by atoms with Gasteiger partial charge in [-0.3, -0.25) is 34.3 Å². The standard InChI is InChI=1S/C32H47N5O5.C21H18ClFN2O2.C4H10O/c1-42-28-10-9-25(21-27(28)37-20-15-29(38)34-32(37)41)31(40)36-18-13-24(14-19-36)8-7-23-11-16-35(17-12-23)22-30(39)33-26-5-3-2-4-6-26;22-17-8-6-13(16(11-24)12-4-2-1-3-5-12)10-15(17)19-14(21(25)27)7-9-18(26)20(19)23;1-4(2)5-3/h9-10,21,23-24,26H,2-8,11-20,22H2,1H3,(H,33,39)(H,34,38,41);1-10,16,26H,11,24H2,(H2,25,27);4H,1-3H3. The van der Waals surface area contributed by atoms with E-state index in [0.29, 0.717) is 48.2 Å².